The lowest BCUT2D eigenvalue weighted by atomic mass is 9.85. The lowest BCUT2D eigenvalue weighted by molar-refractivity contribution is 1.19. The molecule has 0 saturated carbocycles. The highest BCUT2D eigenvalue weighted by Gasteiger charge is 2.18. The van der Waals surface area contributed by atoms with Crippen LogP contribution in [0.1, 0.15) is 0 Å². The summed E-state index contributed by atoms with van der Waals surface area (Å²) in [6.45, 7) is 0. The van der Waals surface area contributed by atoms with E-state index in [0.717, 1.165) is 0 Å². The van der Waals surface area contributed by atoms with Gasteiger partial charge in [0.05, 0.1) is 11.0 Å². The molecule has 1 heterocycles. The number of fused-ring (bicyclic) bond motifs is 9. The van der Waals surface area contributed by atoms with Crippen molar-refractivity contribution in [3.05, 3.63) is 188 Å². The number of benzene rings is 10. The fourth-order valence-corrected chi connectivity index (χ4v) is 8.64. The van der Waals surface area contributed by atoms with Crippen LogP contribution in [0.4, 0.5) is 0 Å². The second-order valence-electron chi connectivity index (χ2n) is 13.7. The molecule has 0 aliphatic rings. The number of hydrogen-bond donors (Lipinski definition) is 0. The summed E-state index contributed by atoms with van der Waals surface area (Å²) >= 11 is 0. The molecule has 236 valence electrons. The SMILES string of the molecule is c1ccc(-c2c3ccccc3c(-c3ccc4cc(-n5c6ccccc6c6c7cc8ccccc8cc7ccc65)ccc4c3)c3ccccc23)cc1. The summed E-state index contributed by atoms with van der Waals surface area (Å²) in [5.74, 6) is 0. The zero-order valence-corrected chi connectivity index (χ0v) is 27.8. The summed E-state index contributed by atoms with van der Waals surface area (Å²) in [6, 6.07) is 69.3. The van der Waals surface area contributed by atoms with Gasteiger partial charge >= 0.3 is 0 Å². The van der Waals surface area contributed by atoms with Crippen molar-refractivity contribution < 1.29 is 0 Å². The van der Waals surface area contributed by atoms with Gasteiger partial charge in [0.15, 0.2) is 0 Å². The molecule has 0 fully saturated rings. The topological polar surface area (TPSA) is 4.93 Å². The maximum Gasteiger partial charge on any atom is 0.0547 e. The van der Waals surface area contributed by atoms with Gasteiger partial charge in [-0.15, -0.1) is 0 Å². The Hall–Kier alpha value is -6.70. The first-order chi connectivity index (χ1) is 25.3. The number of rotatable bonds is 3. The molecule has 11 aromatic rings. The van der Waals surface area contributed by atoms with Gasteiger partial charge in [-0.25, -0.2) is 0 Å². The molecule has 1 nitrogen and oxygen atoms in total. The normalized spacial score (nSPS) is 11.9. The summed E-state index contributed by atoms with van der Waals surface area (Å²) in [4.78, 5) is 0. The van der Waals surface area contributed by atoms with Gasteiger partial charge in [0.1, 0.15) is 0 Å². The predicted molar refractivity (Wildman–Crippen MR) is 219 cm³/mol. The van der Waals surface area contributed by atoms with Crippen LogP contribution in [0.5, 0.6) is 0 Å². The van der Waals surface area contributed by atoms with E-state index in [1.165, 1.54) is 104 Å². The van der Waals surface area contributed by atoms with Crippen molar-refractivity contribution in [1.82, 2.24) is 4.57 Å². The minimum atomic E-state index is 1.17. The van der Waals surface area contributed by atoms with E-state index in [1.54, 1.807) is 0 Å². The van der Waals surface area contributed by atoms with Crippen molar-refractivity contribution >= 4 is 75.7 Å². The molecule has 0 saturated heterocycles. The summed E-state index contributed by atoms with van der Waals surface area (Å²) in [6.07, 6.45) is 0. The fraction of sp³-hybridized carbons (Fsp3) is 0. The van der Waals surface area contributed by atoms with Crippen molar-refractivity contribution in [2.24, 2.45) is 0 Å². The van der Waals surface area contributed by atoms with Crippen LogP contribution < -0.4 is 0 Å². The maximum absolute atomic E-state index is 2.44. The quantitative estimate of drug-likeness (QED) is 0.169. The first-order valence-electron chi connectivity index (χ1n) is 17.7. The Balaban J connectivity index is 1.11. The molecule has 1 heteroatoms. The highest BCUT2D eigenvalue weighted by atomic mass is 15.0. The molecule has 0 aliphatic heterocycles. The van der Waals surface area contributed by atoms with Crippen LogP contribution in [0.3, 0.4) is 0 Å². The standard InChI is InChI=1S/C50H31N/c1-2-12-32(13-3-1)48-40-16-6-8-18-42(40)49(43-19-9-7-17-41(43)48)38-23-22-36-30-39(26-24-35(36)29-38)51-46-21-11-10-20-44(46)50-45-31-34-15-5-4-14-33(34)28-37(45)25-27-47(50)51/h1-31H. The second-order valence-corrected chi connectivity index (χ2v) is 13.7. The van der Waals surface area contributed by atoms with Gasteiger partial charge in [0, 0.05) is 16.5 Å². The maximum atomic E-state index is 2.44. The van der Waals surface area contributed by atoms with Crippen LogP contribution in [-0.4, -0.2) is 4.57 Å². The van der Waals surface area contributed by atoms with E-state index < -0.39 is 0 Å². The minimum absolute atomic E-state index is 1.17. The van der Waals surface area contributed by atoms with Gasteiger partial charge in [-0.1, -0.05) is 146 Å². The van der Waals surface area contributed by atoms with E-state index in [-0.39, 0.29) is 0 Å². The molecule has 0 amide bonds. The van der Waals surface area contributed by atoms with Gasteiger partial charge in [0.25, 0.3) is 0 Å². The predicted octanol–water partition coefficient (Wildman–Crippen LogP) is 13.9. The van der Waals surface area contributed by atoms with Crippen LogP contribution in [0, 0.1) is 0 Å². The number of para-hydroxylation sites is 1. The first-order valence-corrected chi connectivity index (χ1v) is 17.7. The van der Waals surface area contributed by atoms with E-state index in [2.05, 4.69) is 193 Å². The number of hydrogen-bond acceptors (Lipinski definition) is 0. The van der Waals surface area contributed by atoms with Gasteiger partial charge in [-0.05, 0) is 119 Å². The van der Waals surface area contributed by atoms with Crippen LogP contribution >= 0.6 is 0 Å². The summed E-state index contributed by atoms with van der Waals surface area (Å²) in [5, 5.41) is 15.3. The third-order valence-corrected chi connectivity index (χ3v) is 10.9. The lowest BCUT2D eigenvalue weighted by Gasteiger charge is -2.18. The van der Waals surface area contributed by atoms with E-state index in [0.29, 0.717) is 0 Å². The highest BCUT2D eigenvalue weighted by molar-refractivity contribution is 6.24. The van der Waals surface area contributed by atoms with Crippen LogP contribution in [0.2, 0.25) is 0 Å². The summed E-state index contributed by atoms with van der Waals surface area (Å²) in [7, 11) is 0. The molecule has 0 spiro atoms. The van der Waals surface area contributed by atoms with Crippen molar-refractivity contribution in [3.8, 4) is 27.9 Å². The van der Waals surface area contributed by atoms with Gasteiger partial charge in [0.2, 0.25) is 0 Å². The van der Waals surface area contributed by atoms with E-state index in [1.807, 2.05) is 0 Å². The summed E-state index contributed by atoms with van der Waals surface area (Å²) < 4.78 is 2.44. The average molecular weight is 646 g/mol. The second kappa shape index (κ2) is 10.9. The smallest absolute Gasteiger partial charge is 0.0547 e. The van der Waals surface area contributed by atoms with Crippen LogP contribution in [0.15, 0.2) is 188 Å². The molecule has 0 aliphatic carbocycles. The monoisotopic (exact) mass is 645 g/mol. The third kappa shape index (κ3) is 4.22. The molecular weight excluding hydrogens is 615 g/mol. The van der Waals surface area contributed by atoms with Gasteiger partial charge in [-0.2, -0.15) is 0 Å². The zero-order chi connectivity index (χ0) is 33.5. The van der Waals surface area contributed by atoms with Crippen LogP contribution in [-0.2, 0) is 0 Å². The molecular formula is C50H31N. The van der Waals surface area contributed by atoms with E-state index in [4.69, 9.17) is 0 Å². The van der Waals surface area contributed by atoms with Crippen molar-refractivity contribution in [1.29, 1.82) is 0 Å². The molecule has 0 unspecified atom stereocenters. The fourth-order valence-electron chi connectivity index (χ4n) is 8.64. The van der Waals surface area contributed by atoms with Crippen molar-refractivity contribution in [2.45, 2.75) is 0 Å². The average Bonchev–Trinajstić information content (AvgIpc) is 3.54. The molecule has 0 atom stereocenters. The molecule has 51 heavy (non-hydrogen) atoms. The lowest BCUT2D eigenvalue weighted by Crippen LogP contribution is -1.94. The molecule has 0 N–H and O–H groups in total. The van der Waals surface area contributed by atoms with Gasteiger partial charge < -0.3 is 4.57 Å². The van der Waals surface area contributed by atoms with Gasteiger partial charge in [-0.3, -0.25) is 0 Å². The minimum Gasteiger partial charge on any atom is -0.309 e. The van der Waals surface area contributed by atoms with E-state index >= 15 is 0 Å². The Morgan fingerprint density at radius 2 is 0.804 bits per heavy atom. The zero-order valence-electron chi connectivity index (χ0n) is 27.8. The Morgan fingerprint density at radius 3 is 1.53 bits per heavy atom. The largest absolute Gasteiger partial charge is 0.309 e. The highest BCUT2D eigenvalue weighted by Crippen LogP contribution is 2.44. The Morgan fingerprint density at radius 1 is 0.275 bits per heavy atom. The summed E-state index contributed by atoms with van der Waals surface area (Å²) in [5.41, 5.74) is 8.68. The first kappa shape index (κ1) is 28.2. The van der Waals surface area contributed by atoms with Crippen molar-refractivity contribution in [2.75, 3.05) is 0 Å². The Labute approximate surface area is 295 Å². The molecule has 0 radical (unpaired) electrons. The molecule has 0 bridgehead atoms. The van der Waals surface area contributed by atoms with E-state index in [9.17, 15) is 0 Å². The Kier molecular flexibility index (Phi) is 6.02. The molecule has 1 aromatic heterocycles. The number of aromatic nitrogens is 1. The Bertz CT molecular complexity index is 3130. The molecule has 10 aromatic carbocycles. The van der Waals surface area contributed by atoms with Crippen molar-refractivity contribution in [3.63, 3.8) is 0 Å². The number of nitrogens with zero attached hydrogens (tertiary/aromatic N) is 1. The third-order valence-electron chi connectivity index (χ3n) is 10.9. The van der Waals surface area contributed by atoms with Crippen LogP contribution in [0.25, 0.3) is 104 Å². The molecule has 11 rings (SSSR count).